The number of aryl methyl sites for hydroxylation is 1. The molecule has 6 heteroatoms. The predicted octanol–water partition coefficient (Wildman–Crippen LogP) is 1.40. The zero-order valence-electron chi connectivity index (χ0n) is 11.8. The molecule has 2 amide bonds. The quantitative estimate of drug-likeness (QED) is 0.806. The van der Waals surface area contributed by atoms with Gasteiger partial charge in [-0.25, -0.2) is 4.79 Å². The lowest BCUT2D eigenvalue weighted by Crippen LogP contribution is -2.51. The fraction of sp³-hybridized carbons (Fsp3) is 0.400. The van der Waals surface area contributed by atoms with E-state index in [1.807, 2.05) is 19.1 Å². The molecule has 1 aromatic rings. The molecule has 1 atom stereocenters. The van der Waals surface area contributed by atoms with Gasteiger partial charge in [0.25, 0.3) is 0 Å². The van der Waals surface area contributed by atoms with Gasteiger partial charge in [-0.3, -0.25) is 9.59 Å². The minimum absolute atomic E-state index is 0.303. The maximum atomic E-state index is 12.1. The Labute approximate surface area is 122 Å². The van der Waals surface area contributed by atoms with Crippen LogP contribution in [0.15, 0.2) is 24.3 Å². The molecule has 0 spiro atoms. The number of rotatable bonds is 2. The van der Waals surface area contributed by atoms with Crippen molar-refractivity contribution >= 4 is 23.5 Å². The molecule has 1 fully saturated rings. The number of carbonyl (C=O) groups excluding carboxylic acids is 2. The lowest BCUT2D eigenvalue weighted by atomic mass is 10.0. The molecule has 112 valence electrons. The summed E-state index contributed by atoms with van der Waals surface area (Å²) in [4.78, 5) is 36.4. The number of hydrogen-bond donors (Lipinski definition) is 2. The first kappa shape index (κ1) is 15.0. The van der Waals surface area contributed by atoms with E-state index in [0.29, 0.717) is 25.1 Å². The van der Waals surface area contributed by atoms with E-state index in [2.05, 4.69) is 5.32 Å². The standard InChI is InChI=1S/C15H18N2O4/c1-10-5-7-11(8-6-10)16-13(18)14(19)17-9-3-2-4-12(17)15(20)21/h5-8,12H,2-4,9H2,1H3,(H,16,18)(H,20,21)/t12-/m1/s1. The van der Waals surface area contributed by atoms with E-state index < -0.39 is 23.8 Å². The Morgan fingerprint density at radius 1 is 1.19 bits per heavy atom. The maximum absolute atomic E-state index is 12.1. The zero-order valence-corrected chi connectivity index (χ0v) is 11.8. The summed E-state index contributed by atoms with van der Waals surface area (Å²) in [6.45, 7) is 2.22. The molecule has 0 aliphatic carbocycles. The molecular formula is C15H18N2O4. The average Bonchev–Trinajstić information content (AvgIpc) is 2.48. The number of carboxylic acid groups (broad SMARTS) is 1. The maximum Gasteiger partial charge on any atom is 0.326 e. The van der Waals surface area contributed by atoms with Crippen LogP contribution in [0.1, 0.15) is 24.8 Å². The van der Waals surface area contributed by atoms with Gasteiger partial charge in [-0.15, -0.1) is 0 Å². The molecule has 1 aliphatic heterocycles. The molecule has 2 N–H and O–H groups in total. The van der Waals surface area contributed by atoms with Gasteiger partial charge in [0, 0.05) is 12.2 Å². The van der Waals surface area contributed by atoms with Crippen molar-refractivity contribution in [3.63, 3.8) is 0 Å². The molecule has 21 heavy (non-hydrogen) atoms. The third kappa shape index (κ3) is 3.59. The Kier molecular flexibility index (Phi) is 4.57. The number of nitrogens with one attached hydrogen (secondary N) is 1. The predicted molar refractivity (Wildman–Crippen MR) is 76.8 cm³/mol. The minimum Gasteiger partial charge on any atom is -0.480 e. The van der Waals surface area contributed by atoms with Crippen LogP contribution >= 0.6 is 0 Å². The number of carboxylic acids is 1. The number of carbonyl (C=O) groups is 3. The van der Waals surface area contributed by atoms with E-state index in [4.69, 9.17) is 5.11 Å². The fourth-order valence-corrected chi connectivity index (χ4v) is 2.38. The van der Waals surface area contributed by atoms with Crippen molar-refractivity contribution in [1.82, 2.24) is 4.90 Å². The summed E-state index contributed by atoms with van der Waals surface area (Å²) in [7, 11) is 0. The number of likely N-dealkylation sites (tertiary alicyclic amines) is 1. The molecule has 1 aliphatic rings. The van der Waals surface area contributed by atoms with Crippen molar-refractivity contribution in [3.05, 3.63) is 29.8 Å². The molecule has 1 aromatic carbocycles. The lowest BCUT2D eigenvalue weighted by Gasteiger charge is -2.32. The van der Waals surface area contributed by atoms with Crippen LogP contribution in [-0.2, 0) is 14.4 Å². The molecule has 2 rings (SSSR count). The third-order valence-corrected chi connectivity index (χ3v) is 3.55. The first-order chi connectivity index (χ1) is 9.99. The first-order valence-corrected chi connectivity index (χ1v) is 6.90. The summed E-state index contributed by atoms with van der Waals surface area (Å²) in [5.41, 5.74) is 1.56. The van der Waals surface area contributed by atoms with Crippen LogP contribution < -0.4 is 5.32 Å². The van der Waals surface area contributed by atoms with Gasteiger partial charge in [0.15, 0.2) is 0 Å². The van der Waals surface area contributed by atoms with Crippen molar-refractivity contribution in [2.75, 3.05) is 11.9 Å². The summed E-state index contributed by atoms with van der Waals surface area (Å²) in [5, 5.41) is 11.6. The van der Waals surface area contributed by atoms with Crippen LogP contribution in [0, 0.1) is 6.92 Å². The van der Waals surface area contributed by atoms with E-state index in [1.165, 1.54) is 0 Å². The molecule has 0 unspecified atom stereocenters. The molecular weight excluding hydrogens is 272 g/mol. The molecule has 1 heterocycles. The summed E-state index contributed by atoms with van der Waals surface area (Å²) in [6, 6.07) is 6.13. The molecule has 6 nitrogen and oxygen atoms in total. The van der Waals surface area contributed by atoms with Gasteiger partial charge in [-0.05, 0) is 38.3 Å². The highest BCUT2D eigenvalue weighted by molar-refractivity contribution is 6.39. The topological polar surface area (TPSA) is 86.7 Å². The smallest absolute Gasteiger partial charge is 0.326 e. The highest BCUT2D eigenvalue weighted by Crippen LogP contribution is 2.18. The Morgan fingerprint density at radius 3 is 2.48 bits per heavy atom. The second kappa shape index (κ2) is 6.39. The highest BCUT2D eigenvalue weighted by Gasteiger charge is 2.34. The number of benzene rings is 1. The monoisotopic (exact) mass is 290 g/mol. The van der Waals surface area contributed by atoms with Crippen LogP contribution in [0.3, 0.4) is 0 Å². The molecule has 0 bridgehead atoms. The largest absolute Gasteiger partial charge is 0.480 e. The first-order valence-electron chi connectivity index (χ1n) is 6.90. The van der Waals surface area contributed by atoms with Gasteiger partial charge in [-0.1, -0.05) is 17.7 Å². The van der Waals surface area contributed by atoms with Gasteiger partial charge >= 0.3 is 17.8 Å². The average molecular weight is 290 g/mol. The van der Waals surface area contributed by atoms with Gasteiger partial charge < -0.3 is 15.3 Å². The number of hydrogen-bond acceptors (Lipinski definition) is 3. The summed E-state index contributed by atoms with van der Waals surface area (Å²) < 4.78 is 0. The van der Waals surface area contributed by atoms with Crippen LogP contribution in [0.2, 0.25) is 0 Å². The van der Waals surface area contributed by atoms with Crippen LogP contribution in [0.4, 0.5) is 5.69 Å². The number of aliphatic carboxylic acids is 1. The number of amides is 2. The number of anilines is 1. The Balaban J connectivity index is 2.05. The Morgan fingerprint density at radius 2 is 1.86 bits per heavy atom. The normalized spacial score (nSPS) is 18.1. The number of nitrogens with zero attached hydrogens (tertiary/aromatic N) is 1. The molecule has 0 radical (unpaired) electrons. The van der Waals surface area contributed by atoms with E-state index in [0.717, 1.165) is 16.9 Å². The second-order valence-corrected chi connectivity index (χ2v) is 5.17. The van der Waals surface area contributed by atoms with Gasteiger partial charge in [0.1, 0.15) is 6.04 Å². The van der Waals surface area contributed by atoms with Gasteiger partial charge in [0.2, 0.25) is 0 Å². The van der Waals surface area contributed by atoms with E-state index in [9.17, 15) is 14.4 Å². The van der Waals surface area contributed by atoms with E-state index in [-0.39, 0.29) is 0 Å². The summed E-state index contributed by atoms with van der Waals surface area (Å²) in [6.07, 6.45) is 1.85. The van der Waals surface area contributed by atoms with Gasteiger partial charge in [0.05, 0.1) is 0 Å². The zero-order chi connectivity index (χ0) is 15.4. The summed E-state index contributed by atoms with van der Waals surface area (Å²) >= 11 is 0. The lowest BCUT2D eigenvalue weighted by molar-refractivity contribution is -0.154. The highest BCUT2D eigenvalue weighted by atomic mass is 16.4. The molecule has 0 aromatic heterocycles. The van der Waals surface area contributed by atoms with E-state index in [1.54, 1.807) is 12.1 Å². The molecule has 1 saturated heterocycles. The van der Waals surface area contributed by atoms with Crippen molar-refractivity contribution in [1.29, 1.82) is 0 Å². The van der Waals surface area contributed by atoms with Crippen LogP contribution in [0.25, 0.3) is 0 Å². The fourth-order valence-electron chi connectivity index (χ4n) is 2.38. The SMILES string of the molecule is Cc1ccc(NC(=O)C(=O)N2CCCC[C@@H]2C(=O)O)cc1. The second-order valence-electron chi connectivity index (χ2n) is 5.17. The molecule has 0 saturated carbocycles. The van der Waals surface area contributed by atoms with Crippen molar-refractivity contribution in [2.45, 2.75) is 32.2 Å². The minimum atomic E-state index is -1.06. The van der Waals surface area contributed by atoms with E-state index >= 15 is 0 Å². The van der Waals surface area contributed by atoms with Crippen LogP contribution in [-0.4, -0.2) is 40.4 Å². The number of piperidine rings is 1. The van der Waals surface area contributed by atoms with Gasteiger partial charge in [-0.2, -0.15) is 0 Å². The Bertz CT molecular complexity index is 553. The summed E-state index contributed by atoms with van der Waals surface area (Å²) in [5.74, 6) is -2.65. The van der Waals surface area contributed by atoms with Crippen LogP contribution in [0.5, 0.6) is 0 Å². The van der Waals surface area contributed by atoms with Crippen molar-refractivity contribution in [3.8, 4) is 0 Å². The third-order valence-electron chi connectivity index (χ3n) is 3.55. The Hall–Kier alpha value is -2.37. The van der Waals surface area contributed by atoms with Crippen molar-refractivity contribution < 1.29 is 19.5 Å². The van der Waals surface area contributed by atoms with Crippen molar-refractivity contribution in [2.24, 2.45) is 0 Å².